The first-order chi connectivity index (χ1) is 8.33. The van der Waals surface area contributed by atoms with E-state index in [1.54, 1.807) is 12.1 Å². The van der Waals surface area contributed by atoms with E-state index >= 15 is 0 Å². The Hall–Kier alpha value is -1.27. The molecular weight excluding hydrogens is 254 g/mol. The Bertz CT molecular complexity index is 576. The van der Waals surface area contributed by atoms with Gasteiger partial charge in [-0.2, -0.15) is 0 Å². The highest BCUT2D eigenvalue weighted by atomic mass is 32.2. The van der Waals surface area contributed by atoms with E-state index in [9.17, 15) is 8.42 Å². The SMILES string of the molecule is COc1ccc(OC)c(S(C)(=O)=O)c1C1(N)CC1. The van der Waals surface area contributed by atoms with Gasteiger partial charge < -0.3 is 15.2 Å². The molecule has 1 fully saturated rings. The van der Waals surface area contributed by atoms with Crippen LogP contribution in [0.25, 0.3) is 0 Å². The highest BCUT2D eigenvalue weighted by Crippen LogP contribution is 2.51. The van der Waals surface area contributed by atoms with Crippen molar-refractivity contribution in [1.82, 2.24) is 0 Å². The molecule has 18 heavy (non-hydrogen) atoms. The van der Waals surface area contributed by atoms with Crippen molar-refractivity contribution in [3.63, 3.8) is 0 Å². The minimum absolute atomic E-state index is 0.143. The van der Waals surface area contributed by atoms with Crippen LogP contribution >= 0.6 is 0 Å². The summed E-state index contributed by atoms with van der Waals surface area (Å²) < 4.78 is 34.4. The van der Waals surface area contributed by atoms with Gasteiger partial charge in [-0.1, -0.05) is 0 Å². The average Bonchev–Trinajstić information content (AvgIpc) is 3.05. The van der Waals surface area contributed by atoms with Gasteiger partial charge in [-0.05, 0) is 25.0 Å². The van der Waals surface area contributed by atoms with Crippen LogP contribution in [0.3, 0.4) is 0 Å². The molecule has 2 rings (SSSR count). The van der Waals surface area contributed by atoms with E-state index < -0.39 is 15.4 Å². The highest BCUT2D eigenvalue weighted by Gasteiger charge is 2.46. The van der Waals surface area contributed by atoms with Crippen molar-refractivity contribution in [2.75, 3.05) is 20.5 Å². The lowest BCUT2D eigenvalue weighted by Gasteiger charge is -2.20. The maximum atomic E-state index is 12.0. The number of hydrogen-bond donors (Lipinski definition) is 1. The molecule has 1 aromatic carbocycles. The molecule has 5 nitrogen and oxygen atoms in total. The molecule has 1 aromatic rings. The van der Waals surface area contributed by atoms with Gasteiger partial charge in [0.15, 0.2) is 9.84 Å². The molecule has 0 amide bonds. The van der Waals surface area contributed by atoms with Gasteiger partial charge in [-0.15, -0.1) is 0 Å². The van der Waals surface area contributed by atoms with E-state index in [-0.39, 0.29) is 4.90 Å². The van der Waals surface area contributed by atoms with Crippen molar-refractivity contribution in [2.45, 2.75) is 23.3 Å². The van der Waals surface area contributed by atoms with Crippen LogP contribution in [0.4, 0.5) is 0 Å². The van der Waals surface area contributed by atoms with Crippen molar-refractivity contribution in [3.8, 4) is 11.5 Å². The third kappa shape index (κ3) is 2.06. The van der Waals surface area contributed by atoms with Crippen molar-refractivity contribution in [1.29, 1.82) is 0 Å². The minimum atomic E-state index is -3.44. The molecule has 0 spiro atoms. The molecule has 1 aliphatic carbocycles. The van der Waals surface area contributed by atoms with Gasteiger partial charge in [0.1, 0.15) is 16.4 Å². The second-order valence-electron chi connectivity index (χ2n) is 4.60. The van der Waals surface area contributed by atoms with Gasteiger partial charge in [0.2, 0.25) is 0 Å². The van der Waals surface area contributed by atoms with Gasteiger partial charge in [0.05, 0.1) is 14.2 Å². The summed E-state index contributed by atoms with van der Waals surface area (Å²) in [4.78, 5) is 0.143. The Morgan fingerprint density at radius 1 is 1.17 bits per heavy atom. The first kappa shape index (κ1) is 13.2. The Morgan fingerprint density at radius 3 is 2.06 bits per heavy atom. The van der Waals surface area contributed by atoms with Gasteiger partial charge in [-0.25, -0.2) is 8.42 Å². The lowest BCUT2D eigenvalue weighted by atomic mass is 10.0. The van der Waals surface area contributed by atoms with Crippen LogP contribution in [0.5, 0.6) is 11.5 Å². The molecule has 0 saturated heterocycles. The molecule has 6 heteroatoms. The summed E-state index contributed by atoms with van der Waals surface area (Å²) in [6, 6.07) is 3.28. The first-order valence-corrected chi connectivity index (χ1v) is 7.47. The number of methoxy groups -OCH3 is 2. The van der Waals surface area contributed by atoms with E-state index in [1.807, 2.05) is 0 Å². The van der Waals surface area contributed by atoms with Crippen LogP contribution in [-0.4, -0.2) is 28.9 Å². The fraction of sp³-hybridized carbons (Fsp3) is 0.500. The summed E-state index contributed by atoms with van der Waals surface area (Å²) in [5.74, 6) is 0.807. The zero-order chi connectivity index (χ0) is 13.6. The molecule has 1 aliphatic rings. The lowest BCUT2D eigenvalue weighted by Crippen LogP contribution is -2.23. The molecular formula is C12H17NO4S. The average molecular weight is 271 g/mol. The molecule has 0 bridgehead atoms. The number of rotatable bonds is 4. The number of ether oxygens (including phenoxy) is 2. The topological polar surface area (TPSA) is 78.6 Å². The van der Waals surface area contributed by atoms with Crippen LogP contribution in [0.15, 0.2) is 17.0 Å². The summed E-state index contributed by atoms with van der Waals surface area (Å²) in [5, 5.41) is 0. The van der Waals surface area contributed by atoms with E-state index in [2.05, 4.69) is 0 Å². The monoisotopic (exact) mass is 271 g/mol. The quantitative estimate of drug-likeness (QED) is 0.885. The van der Waals surface area contributed by atoms with Gasteiger partial charge in [0, 0.05) is 17.4 Å². The predicted octanol–water partition coefficient (Wildman–Crippen LogP) is 1.06. The Balaban J connectivity index is 2.81. The van der Waals surface area contributed by atoms with Crippen molar-refractivity contribution in [3.05, 3.63) is 17.7 Å². The molecule has 100 valence electrons. The molecule has 0 aliphatic heterocycles. The van der Waals surface area contributed by atoms with Crippen LogP contribution in [0.1, 0.15) is 18.4 Å². The van der Waals surface area contributed by atoms with Crippen LogP contribution in [0.2, 0.25) is 0 Å². The Labute approximate surface area is 107 Å². The van der Waals surface area contributed by atoms with Gasteiger partial charge in [-0.3, -0.25) is 0 Å². The largest absolute Gasteiger partial charge is 0.496 e. The van der Waals surface area contributed by atoms with Crippen molar-refractivity contribution in [2.24, 2.45) is 5.73 Å². The smallest absolute Gasteiger partial charge is 0.179 e. The maximum absolute atomic E-state index is 12.0. The molecule has 1 saturated carbocycles. The summed E-state index contributed by atoms with van der Waals surface area (Å²) in [5.41, 5.74) is 6.09. The van der Waals surface area contributed by atoms with E-state index in [1.165, 1.54) is 14.2 Å². The second kappa shape index (κ2) is 4.13. The Morgan fingerprint density at radius 2 is 1.67 bits per heavy atom. The normalized spacial score (nSPS) is 17.3. The number of nitrogens with two attached hydrogens (primary N) is 1. The molecule has 0 aromatic heterocycles. The zero-order valence-corrected chi connectivity index (χ0v) is 11.5. The molecule has 0 unspecified atom stereocenters. The standard InChI is InChI=1S/C12H17NO4S/c1-16-8-4-5-9(17-2)11(18(3,14)15)10(8)12(13)6-7-12/h4-5H,6-7,13H2,1-3H3. The zero-order valence-electron chi connectivity index (χ0n) is 10.7. The third-order valence-electron chi connectivity index (χ3n) is 3.18. The maximum Gasteiger partial charge on any atom is 0.179 e. The van der Waals surface area contributed by atoms with Crippen LogP contribution < -0.4 is 15.2 Å². The van der Waals surface area contributed by atoms with Gasteiger partial charge in [0.25, 0.3) is 0 Å². The van der Waals surface area contributed by atoms with Crippen molar-refractivity contribution >= 4 is 9.84 Å². The third-order valence-corrected chi connectivity index (χ3v) is 4.33. The molecule has 0 radical (unpaired) electrons. The first-order valence-electron chi connectivity index (χ1n) is 5.58. The Kier molecular flexibility index (Phi) is 3.03. The van der Waals surface area contributed by atoms with Crippen molar-refractivity contribution < 1.29 is 17.9 Å². The second-order valence-corrected chi connectivity index (χ2v) is 6.56. The minimum Gasteiger partial charge on any atom is -0.496 e. The van der Waals surface area contributed by atoms with Crippen LogP contribution in [-0.2, 0) is 15.4 Å². The van der Waals surface area contributed by atoms with Crippen LogP contribution in [0, 0.1) is 0 Å². The summed E-state index contributed by atoms with van der Waals surface area (Å²) in [6.45, 7) is 0. The lowest BCUT2D eigenvalue weighted by molar-refractivity contribution is 0.382. The summed E-state index contributed by atoms with van der Waals surface area (Å²) in [6.07, 6.45) is 2.65. The fourth-order valence-corrected chi connectivity index (χ4v) is 3.29. The fourth-order valence-electron chi connectivity index (χ4n) is 2.10. The van der Waals surface area contributed by atoms with E-state index in [0.29, 0.717) is 17.1 Å². The summed E-state index contributed by atoms with van der Waals surface area (Å²) >= 11 is 0. The number of sulfone groups is 1. The highest BCUT2D eigenvalue weighted by molar-refractivity contribution is 7.90. The number of hydrogen-bond acceptors (Lipinski definition) is 5. The molecule has 0 heterocycles. The van der Waals surface area contributed by atoms with E-state index in [4.69, 9.17) is 15.2 Å². The molecule has 0 atom stereocenters. The molecule has 2 N–H and O–H groups in total. The summed E-state index contributed by atoms with van der Waals surface area (Å²) in [7, 11) is -0.493. The number of benzene rings is 1. The predicted molar refractivity (Wildman–Crippen MR) is 67.8 cm³/mol. The van der Waals surface area contributed by atoms with E-state index in [0.717, 1.165) is 19.1 Å². The van der Waals surface area contributed by atoms with Gasteiger partial charge >= 0.3 is 0 Å².